The molecule has 0 fully saturated rings. The van der Waals surface area contributed by atoms with Crippen molar-refractivity contribution < 1.29 is 9.90 Å². The molecule has 0 aromatic heterocycles. The Kier molecular flexibility index (Phi) is 3.15. The maximum Gasteiger partial charge on any atom is 0.307 e. The third-order valence-electron chi connectivity index (χ3n) is 2.47. The largest absolute Gasteiger partial charge is 0.481 e. The summed E-state index contributed by atoms with van der Waals surface area (Å²) >= 11 is 1.70. The van der Waals surface area contributed by atoms with Gasteiger partial charge in [-0.3, -0.25) is 4.79 Å². The molecule has 2 rings (SSSR count). The van der Waals surface area contributed by atoms with Gasteiger partial charge >= 0.3 is 5.97 Å². The minimum absolute atomic E-state index is 0.0836. The minimum Gasteiger partial charge on any atom is -0.481 e. The van der Waals surface area contributed by atoms with Gasteiger partial charge in [0.2, 0.25) is 0 Å². The zero-order valence-electron chi connectivity index (χ0n) is 8.93. The molecule has 2 aromatic carbocycles. The number of thioether (sulfide) groups is 1. The first-order valence-corrected chi connectivity index (χ1v) is 6.20. The molecule has 0 aliphatic heterocycles. The van der Waals surface area contributed by atoms with E-state index in [9.17, 15) is 4.79 Å². The molecule has 16 heavy (non-hydrogen) atoms. The number of carbonyl (C=O) groups is 1. The van der Waals surface area contributed by atoms with Crippen LogP contribution in [0.5, 0.6) is 0 Å². The van der Waals surface area contributed by atoms with Crippen LogP contribution in [0.2, 0.25) is 0 Å². The molecule has 0 saturated carbocycles. The van der Waals surface area contributed by atoms with Crippen LogP contribution >= 0.6 is 11.8 Å². The molecule has 2 aromatic rings. The second kappa shape index (κ2) is 4.58. The van der Waals surface area contributed by atoms with Crippen molar-refractivity contribution in [1.82, 2.24) is 0 Å². The quantitative estimate of drug-likeness (QED) is 0.826. The molecule has 0 aliphatic carbocycles. The lowest BCUT2D eigenvalue weighted by Gasteiger charge is -2.03. The highest BCUT2D eigenvalue weighted by atomic mass is 32.2. The van der Waals surface area contributed by atoms with Gasteiger partial charge < -0.3 is 5.11 Å². The van der Waals surface area contributed by atoms with Crippen LogP contribution in [0.1, 0.15) is 5.56 Å². The van der Waals surface area contributed by atoms with Gasteiger partial charge in [0.15, 0.2) is 0 Å². The standard InChI is InChI=1S/C13H12O2S/c1-16-12-5-4-10-6-9(7-13(14)15)2-3-11(10)8-12/h2-6,8H,7H2,1H3,(H,14,15). The first kappa shape index (κ1) is 11.0. The summed E-state index contributed by atoms with van der Waals surface area (Å²) < 4.78 is 0. The van der Waals surface area contributed by atoms with Gasteiger partial charge in [0.1, 0.15) is 0 Å². The second-order valence-corrected chi connectivity index (χ2v) is 4.50. The number of benzene rings is 2. The molecule has 2 nitrogen and oxygen atoms in total. The first-order chi connectivity index (χ1) is 7.69. The van der Waals surface area contributed by atoms with Crippen LogP contribution in [0.25, 0.3) is 10.8 Å². The number of rotatable bonds is 3. The molecule has 0 unspecified atom stereocenters. The van der Waals surface area contributed by atoms with E-state index < -0.39 is 5.97 Å². The van der Waals surface area contributed by atoms with E-state index in [0.717, 1.165) is 16.3 Å². The first-order valence-electron chi connectivity index (χ1n) is 4.97. The van der Waals surface area contributed by atoms with Crippen molar-refractivity contribution in [2.75, 3.05) is 6.26 Å². The molecule has 1 N–H and O–H groups in total. The second-order valence-electron chi connectivity index (χ2n) is 3.62. The molecular formula is C13H12O2S. The zero-order valence-corrected chi connectivity index (χ0v) is 9.75. The number of hydrogen-bond acceptors (Lipinski definition) is 2. The summed E-state index contributed by atoms with van der Waals surface area (Å²) in [4.78, 5) is 11.8. The van der Waals surface area contributed by atoms with Crippen LogP contribution < -0.4 is 0 Å². The predicted molar refractivity (Wildman–Crippen MR) is 67.1 cm³/mol. The summed E-state index contributed by atoms with van der Waals surface area (Å²) in [6, 6.07) is 12.0. The third-order valence-corrected chi connectivity index (χ3v) is 3.19. The lowest BCUT2D eigenvalue weighted by molar-refractivity contribution is -0.136. The maximum absolute atomic E-state index is 10.6. The van der Waals surface area contributed by atoms with Gasteiger partial charge in [0.25, 0.3) is 0 Å². The van der Waals surface area contributed by atoms with E-state index >= 15 is 0 Å². The van der Waals surface area contributed by atoms with Gasteiger partial charge in [-0.1, -0.05) is 24.3 Å². The van der Waals surface area contributed by atoms with E-state index in [0.29, 0.717) is 0 Å². The predicted octanol–water partition coefficient (Wildman–Crippen LogP) is 3.19. The molecule has 0 aliphatic rings. The van der Waals surface area contributed by atoms with E-state index in [1.807, 2.05) is 30.5 Å². The van der Waals surface area contributed by atoms with Crippen molar-refractivity contribution >= 4 is 28.5 Å². The molecule has 0 amide bonds. The Hall–Kier alpha value is -1.48. The number of carboxylic acids is 1. The molecule has 0 atom stereocenters. The lowest BCUT2D eigenvalue weighted by Crippen LogP contribution is -1.99. The molecule has 3 heteroatoms. The normalized spacial score (nSPS) is 10.6. The van der Waals surface area contributed by atoms with Gasteiger partial charge in [-0.25, -0.2) is 0 Å². The van der Waals surface area contributed by atoms with Crippen LogP contribution in [-0.2, 0) is 11.2 Å². The summed E-state index contributed by atoms with van der Waals surface area (Å²) in [6.45, 7) is 0. The Balaban J connectivity index is 2.43. The molecule has 82 valence electrons. The summed E-state index contributed by atoms with van der Waals surface area (Å²) in [5.41, 5.74) is 0.844. The van der Waals surface area contributed by atoms with Crippen LogP contribution in [-0.4, -0.2) is 17.3 Å². The zero-order chi connectivity index (χ0) is 11.5. The highest BCUT2D eigenvalue weighted by Gasteiger charge is 2.02. The molecule has 0 bridgehead atoms. The summed E-state index contributed by atoms with van der Waals surface area (Å²) in [5.74, 6) is -0.792. The van der Waals surface area contributed by atoms with Crippen LogP contribution in [0, 0.1) is 0 Å². The number of hydrogen-bond donors (Lipinski definition) is 1. The van der Waals surface area contributed by atoms with Gasteiger partial charge in [-0.2, -0.15) is 0 Å². The number of carboxylic acid groups (broad SMARTS) is 1. The van der Waals surface area contributed by atoms with Gasteiger partial charge in [0, 0.05) is 4.90 Å². The Labute approximate surface area is 98.3 Å². The topological polar surface area (TPSA) is 37.3 Å². The SMILES string of the molecule is CSc1ccc2cc(CC(=O)O)ccc2c1. The van der Waals surface area contributed by atoms with Gasteiger partial charge in [-0.05, 0) is 34.7 Å². The molecule has 0 spiro atoms. The smallest absolute Gasteiger partial charge is 0.307 e. The van der Waals surface area contributed by atoms with Gasteiger partial charge in [0.05, 0.1) is 6.42 Å². The van der Waals surface area contributed by atoms with Crippen molar-refractivity contribution in [3.05, 3.63) is 42.0 Å². The summed E-state index contributed by atoms with van der Waals surface area (Å²) in [5, 5.41) is 11.0. The summed E-state index contributed by atoms with van der Waals surface area (Å²) in [6.07, 6.45) is 2.13. The Morgan fingerprint density at radius 1 is 1.19 bits per heavy atom. The average Bonchev–Trinajstić information content (AvgIpc) is 2.27. The third kappa shape index (κ3) is 2.36. The van der Waals surface area contributed by atoms with E-state index in [2.05, 4.69) is 12.1 Å². The average molecular weight is 232 g/mol. The number of fused-ring (bicyclic) bond motifs is 1. The van der Waals surface area contributed by atoms with Crippen LogP contribution in [0.3, 0.4) is 0 Å². The Morgan fingerprint density at radius 3 is 2.56 bits per heavy atom. The van der Waals surface area contributed by atoms with Gasteiger partial charge in [-0.15, -0.1) is 11.8 Å². The van der Waals surface area contributed by atoms with Crippen molar-refractivity contribution in [2.45, 2.75) is 11.3 Å². The Bertz CT molecular complexity index is 534. The van der Waals surface area contributed by atoms with E-state index in [4.69, 9.17) is 5.11 Å². The minimum atomic E-state index is -0.792. The van der Waals surface area contributed by atoms with E-state index in [-0.39, 0.29) is 6.42 Å². The fraction of sp³-hybridized carbons (Fsp3) is 0.154. The molecular weight excluding hydrogens is 220 g/mol. The summed E-state index contributed by atoms with van der Waals surface area (Å²) in [7, 11) is 0. The van der Waals surface area contributed by atoms with Crippen molar-refractivity contribution in [1.29, 1.82) is 0 Å². The van der Waals surface area contributed by atoms with E-state index in [1.165, 1.54) is 4.90 Å². The Morgan fingerprint density at radius 2 is 1.88 bits per heavy atom. The van der Waals surface area contributed by atoms with E-state index in [1.54, 1.807) is 11.8 Å². The van der Waals surface area contributed by atoms with Crippen LogP contribution in [0.4, 0.5) is 0 Å². The fourth-order valence-corrected chi connectivity index (χ4v) is 2.13. The lowest BCUT2D eigenvalue weighted by atomic mass is 10.1. The van der Waals surface area contributed by atoms with Crippen molar-refractivity contribution in [2.24, 2.45) is 0 Å². The maximum atomic E-state index is 10.6. The van der Waals surface area contributed by atoms with Crippen molar-refractivity contribution in [3.63, 3.8) is 0 Å². The molecule has 0 saturated heterocycles. The number of aliphatic carboxylic acids is 1. The highest BCUT2D eigenvalue weighted by molar-refractivity contribution is 7.98. The molecule has 0 heterocycles. The van der Waals surface area contributed by atoms with Crippen molar-refractivity contribution in [3.8, 4) is 0 Å². The monoisotopic (exact) mass is 232 g/mol. The van der Waals surface area contributed by atoms with Crippen LogP contribution in [0.15, 0.2) is 41.3 Å². The highest BCUT2D eigenvalue weighted by Crippen LogP contribution is 2.22. The molecule has 0 radical (unpaired) electrons. The fourth-order valence-electron chi connectivity index (χ4n) is 1.68.